The summed E-state index contributed by atoms with van der Waals surface area (Å²) in [6.07, 6.45) is 0.393. The van der Waals surface area contributed by atoms with Crippen LogP contribution in [0.1, 0.15) is 18.0 Å². The van der Waals surface area contributed by atoms with Gasteiger partial charge in [-0.25, -0.2) is 0 Å². The van der Waals surface area contributed by atoms with Crippen LogP contribution < -0.4 is 5.73 Å². The Hall–Kier alpha value is -1.43. The fraction of sp³-hybridized carbons (Fsp3) is 0.462. The van der Waals surface area contributed by atoms with Gasteiger partial charge in [0.25, 0.3) is 0 Å². The van der Waals surface area contributed by atoms with Crippen LogP contribution in [0, 0.1) is 5.41 Å². The Morgan fingerprint density at radius 3 is 2.17 bits per heavy atom. The molecule has 0 radical (unpaired) electrons. The van der Waals surface area contributed by atoms with Gasteiger partial charge >= 0.3 is 0 Å². The average Bonchev–Trinajstić information content (AvgIpc) is 2.37. The molecule has 5 heteroatoms. The summed E-state index contributed by atoms with van der Waals surface area (Å²) in [6.45, 7) is 0.934. The van der Waals surface area contributed by atoms with E-state index in [-0.39, 0.29) is 25.1 Å². The zero-order chi connectivity index (χ0) is 13.4. The van der Waals surface area contributed by atoms with Crippen LogP contribution in [0.4, 0.5) is 0 Å². The third-order valence-electron chi connectivity index (χ3n) is 2.81. The van der Waals surface area contributed by atoms with E-state index < -0.39 is 0 Å². The molecule has 0 bridgehead atoms. The number of hydrogen-bond acceptors (Lipinski definition) is 4. The molecule has 0 fully saturated rings. The van der Waals surface area contributed by atoms with Gasteiger partial charge in [0.2, 0.25) is 0 Å². The van der Waals surface area contributed by atoms with E-state index in [1.54, 1.807) is 0 Å². The molecule has 18 heavy (non-hydrogen) atoms. The lowest BCUT2D eigenvalue weighted by molar-refractivity contribution is 0.124. The highest BCUT2D eigenvalue weighted by Crippen LogP contribution is 2.23. The van der Waals surface area contributed by atoms with Gasteiger partial charge in [-0.1, -0.05) is 30.3 Å². The van der Waals surface area contributed by atoms with E-state index in [4.69, 9.17) is 21.4 Å². The normalized spacial score (nSPS) is 12.6. The highest BCUT2D eigenvalue weighted by Gasteiger charge is 2.20. The van der Waals surface area contributed by atoms with Crippen LogP contribution in [-0.2, 0) is 0 Å². The number of nitrogens with zero attached hydrogens (tertiary/aromatic N) is 1. The average molecular weight is 251 g/mol. The van der Waals surface area contributed by atoms with E-state index in [1.807, 2.05) is 35.2 Å². The van der Waals surface area contributed by atoms with Gasteiger partial charge < -0.3 is 15.9 Å². The van der Waals surface area contributed by atoms with Gasteiger partial charge in [-0.15, -0.1) is 0 Å². The number of amidine groups is 1. The molecule has 1 unspecified atom stereocenters. The first kappa shape index (κ1) is 14.6. The van der Waals surface area contributed by atoms with Gasteiger partial charge in [0, 0.05) is 25.6 Å². The summed E-state index contributed by atoms with van der Waals surface area (Å²) in [5, 5.41) is 25.6. The molecule has 0 saturated heterocycles. The Balaban J connectivity index is 2.91. The summed E-state index contributed by atoms with van der Waals surface area (Å²) >= 11 is 0. The standard InChI is InChI=1S/C13H21N3O2/c14-13(15)10-12(11-4-2-1-3-5-11)16(6-8-17)7-9-18/h1-5,12,17-18H,6-10H2,(H3,14,15). The van der Waals surface area contributed by atoms with Crippen molar-refractivity contribution >= 4 is 5.84 Å². The van der Waals surface area contributed by atoms with E-state index in [9.17, 15) is 0 Å². The molecular formula is C13H21N3O2. The molecule has 5 nitrogen and oxygen atoms in total. The number of aliphatic hydroxyl groups is 2. The number of nitrogens with one attached hydrogen (secondary N) is 1. The van der Waals surface area contributed by atoms with Crippen molar-refractivity contribution in [3.05, 3.63) is 35.9 Å². The fourth-order valence-corrected chi connectivity index (χ4v) is 2.02. The summed E-state index contributed by atoms with van der Waals surface area (Å²) in [4.78, 5) is 1.94. The molecule has 1 aromatic carbocycles. The topological polar surface area (TPSA) is 93.6 Å². The minimum Gasteiger partial charge on any atom is -0.395 e. The van der Waals surface area contributed by atoms with Crippen molar-refractivity contribution in [2.45, 2.75) is 12.5 Å². The number of hydrogen-bond donors (Lipinski definition) is 4. The second kappa shape index (κ2) is 7.81. The Kier molecular flexibility index (Phi) is 6.35. The lowest BCUT2D eigenvalue weighted by Gasteiger charge is -2.30. The first-order valence-electron chi connectivity index (χ1n) is 6.02. The Labute approximate surface area is 107 Å². The predicted molar refractivity (Wildman–Crippen MR) is 71.5 cm³/mol. The largest absolute Gasteiger partial charge is 0.395 e. The maximum Gasteiger partial charge on any atom is 0.0924 e. The van der Waals surface area contributed by atoms with Crippen LogP contribution in [0.15, 0.2) is 30.3 Å². The van der Waals surface area contributed by atoms with Gasteiger partial charge in [0.05, 0.1) is 19.0 Å². The monoisotopic (exact) mass is 251 g/mol. The van der Waals surface area contributed by atoms with Crippen LogP contribution in [0.5, 0.6) is 0 Å². The minimum absolute atomic E-state index is 0.0151. The Morgan fingerprint density at radius 1 is 1.17 bits per heavy atom. The smallest absolute Gasteiger partial charge is 0.0924 e. The van der Waals surface area contributed by atoms with Crippen molar-refractivity contribution in [3.8, 4) is 0 Å². The molecule has 100 valence electrons. The van der Waals surface area contributed by atoms with Crippen molar-refractivity contribution in [2.24, 2.45) is 5.73 Å². The van der Waals surface area contributed by atoms with E-state index in [1.165, 1.54) is 0 Å². The molecule has 0 aliphatic heterocycles. The van der Waals surface area contributed by atoms with Crippen LogP contribution in [0.2, 0.25) is 0 Å². The lowest BCUT2D eigenvalue weighted by atomic mass is 10.0. The maximum absolute atomic E-state index is 9.08. The van der Waals surface area contributed by atoms with Crippen LogP contribution in [-0.4, -0.2) is 47.3 Å². The third kappa shape index (κ3) is 4.44. The zero-order valence-electron chi connectivity index (χ0n) is 10.4. The van der Waals surface area contributed by atoms with Gasteiger partial charge in [0.15, 0.2) is 0 Å². The van der Waals surface area contributed by atoms with Crippen molar-refractivity contribution < 1.29 is 10.2 Å². The molecule has 0 heterocycles. The van der Waals surface area contributed by atoms with Crippen molar-refractivity contribution in [3.63, 3.8) is 0 Å². The van der Waals surface area contributed by atoms with Gasteiger partial charge in [-0.05, 0) is 5.56 Å². The molecule has 1 aromatic rings. The number of aliphatic hydroxyl groups excluding tert-OH is 2. The Bertz CT molecular complexity index is 351. The molecule has 0 aliphatic carbocycles. The van der Waals surface area contributed by atoms with Crippen molar-refractivity contribution in [2.75, 3.05) is 26.3 Å². The third-order valence-corrected chi connectivity index (χ3v) is 2.81. The summed E-state index contributed by atoms with van der Waals surface area (Å²) < 4.78 is 0. The van der Waals surface area contributed by atoms with Gasteiger partial charge in [-0.3, -0.25) is 10.3 Å². The molecule has 0 aliphatic rings. The summed E-state index contributed by atoms with van der Waals surface area (Å²) in [7, 11) is 0. The fourth-order valence-electron chi connectivity index (χ4n) is 2.02. The Morgan fingerprint density at radius 2 is 1.72 bits per heavy atom. The lowest BCUT2D eigenvalue weighted by Crippen LogP contribution is -2.36. The molecule has 0 amide bonds. The molecule has 1 rings (SSSR count). The quantitative estimate of drug-likeness (QED) is 0.396. The highest BCUT2D eigenvalue weighted by atomic mass is 16.3. The van der Waals surface area contributed by atoms with E-state index in [0.29, 0.717) is 19.5 Å². The molecule has 1 atom stereocenters. The first-order valence-corrected chi connectivity index (χ1v) is 6.02. The highest BCUT2D eigenvalue weighted by molar-refractivity contribution is 5.77. The maximum atomic E-state index is 9.08. The number of nitrogens with two attached hydrogens (primary N) is 1. The predicted octanol–water partition coefficient (Wildman–Crippen LogP) is 0.340. The van der Waals surface area contributed by atoms with Crippen LogP contribution in [0.3, 0.4) is 0 Å². The van der Waals surface area contributed by atoms with E-state index >= 15 is 0 Å². The summed E-state index contributed by atoms with van der Waals surface area (Å²) in [6, 6.07) is 9.64. The zero-order valence-corrected chi connectivity index (χ0v) is 10.4. The van der Waals surface area contributed by atoms with Gasteiger partial charge in [-0.2, -0.15) is 0 Å². The van der Waals surface area contributed by atoms with E-state index in [0.717, 1.165) is 5.56 Å². The molecule has 0 spiro atoms. The first-order chi connectivity index (χ1) is 8.69. The second-order valence-electron chi connectivity index (χ2n) is 4.14. The SMILES string of the molecule is N=C(N)CC(c1ccccc1)N(CCO)CCO. The summed E-state index contributed by atoms with van der Waals surface area (Å²) in [5.41, 5.74) is 6.53. The van der Waals surface area contributed by atoms with Crippen molar-refractivity contribution in [1.29, 1.82) is 5.41 Å². The van der Waals surface area contributed by atoms with Crippen LogP contribution in [0.25, 0.3) is 0 Å². The summed E-state index contributed by atoms with van der Waals surface area (Å²) in [5.74, 6) is 0.102. The minimum atomic E-state index is -0.0806. The number of rotatable bonds is 8. The van der Waals surface area contributed by atoms with E-state index in [2.05, 4.69) is 0 Å². The molecule has 5 N–H and O–H groups in total. The van der Waals surface area contributed by atoms with Crippen LogP contribution >= 0.6 is 0 Å². The second-order valence-corrected chi connectivity index (χ2v) is 4.14. The molecule has 0 aromatic heterocycles. The van der Waals surface area contributed by atoms with Gasteiger partial charge in [0.1, 0.15) is 0 Å². The van der Waals surface area contributed by atoms with Crippen molar-refractivity contribution in [1.82, 2.24) is 4.90 Å². The number of benzene rings is 1. The molecular weight excluding hydrogens is 230 g/mol. The molecule has 0 saturated carbocycles.